The normalized spacial score (nSPS) is 18.7. The molecule has 8 heteroatoms. The van der Waals surface area contributed by atoms with Crippen LogP contribution in [-0.4, -0.2) is 35.7 Å². The molecule has 7 nitrogen and oxygen atoms in total. The third kappa shape index (κ3) is 2.64. The van der Waals surface area contributed by atoms with Crippen molar-refractivity contribution in [3.63, 3.8) is 0 Å². The van der Waals surface area contributed by atoms with E-state index in [0.29, 0.717) is 0 Å². The van der Waals surface area contributed by atoms with Gasteiger partial charge in [0.1, 0.15) is 6.04 Å². The van der Waals surface area contributed by atoms with Crippen LogP contribution < -0.4 is 5.32 Å². The van der Waals surface area contributed by atoms with Crippen molar-refractivity contribution in [1.82, 2.24) is 9.62 Å². The van der Waals surface area contributed by atoms with Crippen LogP contribution in [0.15, 0.2) is 47.6 Å². The number of hydrogen-bond acceptors (Lipinski definition) is 4. The molecule has 1 aliphatic heterocycles. The average Bonchev–Trinajstić information content (AvgIpc) is 2.41. The number of nitrogens with zero attached hydrogens (tertiary/aromatic N) is 1. The number of carboxylic acids is 1. The highest BCUT2D eigenvalue weighted by Crippen LogP contribution is 2.21. The smallest absolute Gasteiger partial charge is 0.306 e. The van der Waals surface area contributed by atoms with E-state index in [1.165, 1.54) is 18.3 Å². The van der Waals surface area contributed by atoms with Crippen LogP contribution in [0.25, 0.3) is 0 Å². The number of nitrogens with one attached hydrogen (secondary N) is 1. The van der Waals surface area contributed by atoms with Gasteiger partial charge in [-0.1, -0.05) is 18.2 Å². The van der Waals surface area contributed by atoms with Crippen molar-refractivity contribution in [3.8, 4) is 0 Å². The SMILES string of the molecule is O=C(O)C[C@@H]1C(=O)NC=CN1S(=O)(=O)c1ccccc1. The van der Waals surface area contributed by atoms with Crippen molar-refractivity contribution in [1.29, 1.82) is 0 Å². The molecule has 0 aromatic heterocycles. The molecular weight excluding hydrogens is 284 g/mol. The van der Waals surface area contributed by atoms with Crippen LogP contribution in [0.2, 0.25) is 0 Å². The lowest BCUT2D eigenvalue weighted by Gasteiger charge is -2.30. The number of benzene rings is 1. The first-order chi connectivity index (χ1) is 9.43. The van der Waals surface area contributed by atoms with Gasteiger partial charge >= 0.3 is 5.97 Å². The van der Waals surface area contributed by atoms with Gasteiger partial charge in [0.05, 0.1) is 11.3 Å². The molecule has 106 valence electrons. The molecule has 2 N–H and O–H groups in total. The van der Waals surface area contributed by atoms with Crippen LogP contribution >= 0.6 is 0 Å². The molecule has 0 bridgehead atoms. The molecule has 1 amide bonds. The van der Waals surface area contributed by atoms with Gasteiger partial charge in [-0.3, -0.25) is 13.9 Å². The van der Waals surface area contributed by atoms with E-state index in [4.69, 9.17) is 5.11 Å². The van der Waals surface area contributed by atoms with Gasteiger partial charge < -0.3 is 10.4 Å². The molecule has 0 unspecified atom stereocenters. The Kier molecular flexibility index (Phi) is 3.75. The molecule has 1 aromatic rings. The molecule has 0 saturated carbocycles. The van der Waals surface area contributed by atoms with Crippen molar-refractivity contribution in [2.24, 2.45) is 0 Å². The summed E-state index contributed by atoms with van der Waals surface area (Å²) >= 11 is 0. The second-order valence-electron chi connectivity index (χ2n) is 4.09. The summed E-state index contributed by atoms with van der Waals surface area (Å²) in [6.45, 7) is 0. The maximum atomic E-state index is 12.4. The summed E-state index contributed by atoms with van der Waals surface area (Å²) in [5.74, 6) is -1.93. The Morgan fingerprint density at radius 1 is 1.30 bits per heavy atom. The Hall–Kier alpha value is -2.35. The van der Waals surface area contributed by atoms with E-state index < -0.39 is 34.4 Å². The van der Waals surface area contributed by atoms with Crippen LogP contribution in [0.5, 0.6) is 0 Å². The first kappa shape index (κ1) is 14.1. The Balaban J connectivity index is 2.43. The molecule has 2 rings (SSSR count). The number of amides is 1. The zero-order valence-corrected chi connectivity index (χ0v) is 11.1. The summed E-state index contributed by atoms with van der Waals surface area (Å²) in [5, 5.41) is 11.1. The molecule has 0 aliphatic carbocycles. The largest absolute Gasteiger partial charge is 0.481 e. The monoisotopic (exact) mass is 296 g/mol. The maximum Gasteiger partial charge on any atom is 0.306 e. The minimum Gasteiger partial charge on any atom is -0.481 e. The number of carbonyl (C=O) groups excluding carboxylic acids is 1. The van der Waals surface area contributed by atoms with Gasteiger partial charge in [-0.05, 0) is 12.1 Å². The lowest BCUT2D eigenvalue weighted by atomic mass is 10.2. The Morgan fingerprint density at radius 3 is 2.55 bits per heavy atom. The summed E-state index contributed by atoms with van der Waals surface area (Å²) in [5.41, 5.74) is 0. The van der Waals surface area contributed by atoms with Crippen molar-refractivity contribution in [2.75, 3.05) is 0 Å². The summed E-state index contributed by atoms with van der Waals surface area (Å²) in [4.78, 5) is 22.5. The molecule has 0 spiro atoms. The van der Waals surface area contributed by atoms with Crippen LogP contribution in [0.4, 0.5) is 0 Å². The summed E-state index contributed by atoms with van der Waals surface area (Å²) < 4.78 is 25.6. The fourth-order valence-electron chi connectivity index (χ4n) is 1.82. The van der Waals surface area contributed by atoms with Gasteiger partial charge in [0, 0.05) is 12.4 Å². The fraction of sp³-hybridized carbons (Fsp3) is 0.167. The molecule has 1 atom stereocenters. The molecule has 0 fully saturated rings. The van der Waals surface area contributed by atoms with E-state index in [1.807, 2.05) is 0 Å². The summed E-state index contributed by atoms with van der Waals surface area (Å²) in [6.07, 6.45) is 1.71. The zero-order chi connectivity index (χ0) is 14.8. The quantitative estimate of drug-likeness (QED) is 0.821. The van der Waals surface area contributed by atoms with Crippen molar-refractivity contribution < 1.29 is 23.1 Å². The van der Waals surface area contributed by atoms with Crippen molar-refractivity contribution >= 4 is 21.9 Å². The molecule has 20 heavy (non-hydrogen) atoms. The van der Waals surface area contributed by atoms with Crippen LogP contribution in [0.1, 0.15) is 6.42 Å². The Morgan fingerprint density at radius 2 is 1.95 bits per heavy atom. The van der Waals surface area contributed by atoms with Gasteiger partial charge in [0.15, 0.2) is 0 Å². The first-order valence-electron chi connectivity index (χ1n) is 5.70. The van der Waals surface area contributed by atoms with Gasteiger partial charge in [-0.2, -0.15) is 0 Å². The topological polar surface area (TPSA) is 104 Å². The van der Waals surface area contributed by atoms with Gasteiger partial charge in [-0.25, -0.2) is 8.42 Å². The van der Waals surface area contributed by atoms with Crippen LogP contribution in [0, 0.1) is 0 Å². The van der Waals surface area contributed by atoms with E-state index in [0.717, 1.165) is 10.5 Å². The third-order valence-corrected chi connectivity index (χ3v) is 4.54. The summed E-state index contributed by atoms with van der Waals surface area (Å²) in [6, 6.07) is 6.22. The van der Waals surface area contributed by atoms with Gasteiger partial charge in [-0.15, -0.1) is 0 Å². The minimum atomic E-state index is -3.97. The molecular formula is C12H12N2O5S. The predicted octanol–water partition coefficient (Wildman–Crippen LogP) is 0.122. The lowest BCUT2D eigenvalue weighted by molar-refractivity contribution is -0.140. The maximum absolute atomic E-state index is 12.4. The number of carbonyl (C=O) groups is 2. The summed E-state index contributed by atoms with van der Waals surface area (Å²) in [7, 11) is -3.97. The average molecular weight is 296 g/mol. The van der Waals surface area contributed by atoms with Gasteiger partial charge in [0.2, 0.25) is 5.91 Å². The van der Waals surface area contributed by atoms with Crippen molar-refractivity contribution in [2.45, 2.75) is 17.4 Å². The van der Waals surface area contributed by atoms with E-state index >= 15 is 0 Å². The molecule has 1 heterocycles. The van der Waals surface area contributed by atoms with E-state index in [2.05, 4.69) is 5.32 Å². The Bertz CT molecular complexity index is 654. The van der Waals surface area contributed by atoms with Gasteiger partial charge in [0.25, 0.3) is 10.0 Å². The molecule has 1 aromatic carbocycles. The predicted molar refractivity (Wildman–Crippen MR) is 68.8 cm³/mol. The number of sulfonamides is 1. The third-order valence-electron chi connectivity index (χ3n) is 2.74. The fourth-order valence-corrected chi connectivity index (χ4v) is 3.29. The number of rotatable bonds is 4. The highest BCUT2D eigenvalue weighted by molar-refractivity contribution is 7.89. The number of hydrogen-bond donors (Lipinski definition) is 2. The zero-order valence-electron chi connectivity index (χ0n) is 10.3. The van der Waals surface area contributed by atoms with E-state index in [9.17, 15) is 18.0 Å². The van der Waals surface area contributed by atoms with Crippen LogP contribution in [0.3, 0.4) is 0 Å². The standard InChI is InChI=1S/C12H12N2O5S/c15-11(16)8-10-12(17)13-6-7-14(10)20(18,19)9-4-2-1-3-5-9/h1-7,10H,8H2,(H,13,17)(H,15,16)/t10-/m1/s1. The van der Waals surface area contributed by atoms with Crippen molar-refractivity contribution in [3.05, 3.63) is 42.7 Å². The molecule has 1 aliphatic rings. The second kappa shape index (κ2) is 5.33. The highest BCUT2D eigenvalue weighted by atomic mass is 32.2. The minimum absolute atomic E-state index is 0.00487. The highest BCUT2D eigenvalue weighted by Gasteiger charge is 2.36. The van der Waals surface area contributed by atoms with E-state index in [1.54, 1.807) is 18.2 Å². The molecule has 0 saturated heterocycles. The number of aliphatic carboxylic acids is 1. The van der Waals surface area contributed by atoms with Crippen LogP contribution in [-0.2, 0) is 19.6 Å². The second-order valence-corrected chi connectivity index (χ2v) is 5.93. The Labute approximate surface area is 115 Å². The first-order valence-corrected chi connectivity index (χ1v) is 7.14. The lowest BCUT2D eigenvalue weighted by Crippen LogP contribution is -2.49. The molecule has 0 radical (unpaired) electrons. The number of carboxylic acid groups (broad SMARTS) is 1. The van der Waals surface area contributed by atoms with E-state index in [-0.39, 0.29) is 4.90 Å².